The Morgan fingerprint density at radius 2 is 2.06 bits per heavy atom. The van der Waals surface area contributed by atoms with E-state index in [-0.39, 0.29) is 17.0 Å². The Kier molecular flexibility index (Phi) is 5.66. The average molecular weight is 272 g/mol. The van der Waals surface area contributed by atoms with Gasteiger partial charge in [-0.1, -0.05) is 13.8 Å². The lowest BCUT2D eigenvalue weighted by Crippen LogP contribution is -2.29. The summed E-state index contributed by atoms with van der Waals surface area (Å²) in [5, 5.41) is 3.20. The van der Waals surface area contributed by atoms with Crippen LogP contribution in [0.15, 0.2) is 17.2 Å². The van der Waals surface area contributed by atoms with E-state index in [0.717, 1.165) is 6.42 Å². The number of rotatable bonds is 6. The molecule has 0 fully saturated rings. The highest BCUT2D eigenvalue weighted by Gasteiger charge is 2.11. The lowest BCUT2D eigenvalue weighted by Gasteiger charge is -2.16. The van der Waals surface area contributed by atoms with E-state index >= 15 is 0 Å². The quantitative estimate of drug-likeness (QED) is 0.810. The van der Waals surface area contributed by atoms with Crippen LogP contribution in [0.1, 0.15) is 34.1 Å². The highest BCUT2D eigenvalue weighted by atomic mass is 35.5. The zero-order valence-electron chi connectivity index (χ0n) is 11.5. The summed E-state index contributed by atoms with van der Waals surface area (Å²) in [5.74, 6) is 0.834. The summed E-state index contributed by atoms with van der Waals surface area (Å²) in [6, 6.07) is 0.132. The molecule has 1 rings (SSSR count). The molecule has 0 saturated carbocycles. The molecule has 0 aromatic carbocycles. The lowest BCUT2D eigenvalue weighted by atomic mass is 10.2. The summed E-state index contributed by atoms with van der Waals surface area (Å²) in [6.45, 7) is 8.81. The summed E-state index contributed by atoms with van der Waals surface area (Å²) in [4.78, 5) is 16.2. The number of hydrogen-bond acceptors (Lipinski definition) is 3. The molecular weight excluding hydrogens is 250 g/mol. The van der Waals surface area contributed by atoms with Gasteiger partial charge < -0.3 is 9.88 Å². The van der Waals surface area contributed by atoms with Crippen LogP contribution in [0, 0.1) is 5.92 Å². The Labute approximate surface area is 113 Å². The molecule has 18 heavy (non-hydrogen) atoms. The van der Waals surface area contributed by atoms with Gasteiger partial charge in [0.05, 0.1) is 0 Å². The van der Waals surface area contributed by atoms with Crippen molar-refractivity contribution in [3.63, 3.8) is 0 Å². The van der Waals surface area contributed by atoms with Gasteiger partial charge >= 0.3 is 0 Å². The number of anilines is 1. The molecule has 0 aliphatic heterocycles. The second kappa shape index (κ2) is 6.78. The summed E-state index contributed by atoms with van der Waals surface area (Å²) < 4.78 is 1.69. The van der Waals surface area contributed by atoms with Crippen LogP contribution in [0.25, 0.3) is 0 Å². The van der Waals surface area contributed by atoms with E-state index in [4.69, 9.17) is 11.6 Å². The third-order valence-corrected chi connectivity index (χ3v) is 2.72. The maximum Gasteiger partial charge on any atom is 0.293 e. The van der Waals surface area contributed by atoms with Gasteiger partial charge in [-0.15, -0.1) is 11.6 Å². The van der Waals surface area contributed by atoms with Gasteiger partial charge in [0.1, 0.15) is 0 Å². The number of aromatic nitrogens is 2. The Balaban J connectivity index is 2.81. The average Bonchev–Trinajstić information content (AvgIpc) is 2.22. The fourth-order valence-electron chi connectivity index (χ4n) is 1.86. The summed E-state index contributed by atoms with van der Waals surface area (Å²) >= 11 is 5.94. The van der Waals surface area contributed by atoms with Gasteiger partial charge in [-0.2, -0.15) is 0 Å². The molecule has 1 aromatic heterocycles. The SMILES string of the molecule is CC(C)Cn1ccnc(NC(C)CC(C)Cl)c1=O. The molecule has 1 heterocycles. The van der Waals surface area contributed by atoms with E-state index in [1.165, 1.54) is 0 Å². The molecule has 0 aliphatic carbocycles. The van der Waals surface area contributed by atoms with Crippen LogP contribution in [-0.2, 0) is 6.54 Å². The minimum atomic E-state index is -0.0692. The first-order chi connectivity index (χ1) is 8.40. The molecule has 0 bridgehead atoms. The molecule has 4 nitrogen and oxygen atoms in total. The first-order valence-corrected chi connectivity index (χ1v) is 6.79. The second-order valence-electron chi connectivity index (χ2n) is 5.19. The molecule has 2 unspecified atom stereocenters. The van der Waals surface area contributed by atoms with Crippen LogP contribution in [0.4, 0.5) is 5.82 Å². The molecule has 0 amide bonds. The number of hydrogen-bond donors (Lipinski definition) is 1. The van der Waals surface area contributed by atoms with Crippen LogP contribution >= 0.6 is 11.6 Å². The van der Waals surface area contributed by atoms with Gasteiger partial charge in [0, 0.05) is 30.4 Å². The van der Waals surface area contributed by atoms with Gasteiger partial charge in [-0.05, 0) is 26.2 Å². The van der Waals surface area contributed by atoms with Crippen LogP contribution in [-0.4, -0.2) is 21.0 Å². The molecule has 0 radical (unpaired) electrons. The molecule has 1 N–H and O–H groups in total. The van der Waals surface area contributed by atoms with Gasteiger partial charge in [0.25, 0.3) is 5.56 Å². The fourth-order valence-corrected chi connectivity index (χ4v) is 2.13. The summed E-state index contributed by atoms with van der Waals surface area (Å²) in [7, 11) is 0. The number of alkyl halides is 1. The van der Waals surface area contributed by atoms with E-state index in [9.17, 15) is 4.79 Å². The number of nitrogens with zero attached hydrogens (tertiary/aromatic N) is 2. The van der Waals surface area contributed by atoms with Crippen molar-refractivity contribution >= 4 is 17.4 Å². The smallest absolute Gasteiger partial charge is 0.293 e. The van der Waals surface area contributed by atoms with Crippen LogP contribution in [0.3, 0.4) is 0 Å². The third-order valence-electron chi connectivity index (χ3n) is 2.54. The molecule has 1 aromatic rings. The van der Waals surface area contributed by atoms with Gasteiger partial charge in [0.2, 0.25) is 0 Å². The normalized spacial score (nSPS) is 14.6. The van der Waals surface area contributed by atoms with Crippen molar-refractivity contribution < 1.29 is 0 Å². The summed E-state index contributed by atoms with van der Waals surface area (Å²) in [6.07, 6.45) is 4.17. The Morgan fingerprint density at radius 3 is 2.61 bits per heavy atom. The van der Waals surface area contributed by atoms with Crippen molar-refractivity contribution in [1.29, 1.82) is 0 Å². The van der Waals surface area contributed by atoms with Crippen LogP contribution in [0.5, 0.6) is 0 Å². The monoisotopic (exact) mass is 271 g/mol. The molecule has 5 heteroatoms. The van der Waals surface area contributed by atoms with E-state index in [1.807, 2.05) is 13.8 Å². The largest absolute Gasteiger partial charge is 0.363 e. The molecule has 0 saturated heterocycles. The topological polar surface area (TPSA) is 46.9 Å². The molecule has 0 aliphatic rings. The minimum Gasteiger partial charge on any atom is -0.363 e. The first kappa shape index (κ1) is 15.0. The minimum absolute atomic E-state index is 0.0692. The first-order valence-electron chi connectivity index (χ1n) is 6.36. The highest BCUT2D eigenvalue weighted by molar-refractivity contribution is 6.20. The maximum absolute atomic E-state index is 12.1. The molecule has 102 valence electrons. The van der Waals surface area contributed by atoms with E-state index in [0.29, 0.717) is 18.3 Å². The predicted molar refractivity (Wildman–Crippen MR) is 76.4 cm³/mol. The number of nitrogens with one attached hydrogen (secondary N) is 1. The van der Waals surface area contributed by atoms with Gasteiger partial charge in [-0.25, -0.2) is 4.98 Å². The Morgan fingerprint density at radius 1 is 1.39 bits per heavy atom. The van der Waals surface area contributed by atoms with Crippen molar-refractivity contribution in [3.8, 4) is 0 Å². The summed E-state index contributed by atoms with van der Waals surface area (Å²) in [5.41, 5.74) is -0.0692. The van der Waals surface area contributed by atoms with Gasteiger partial charge in [0.15, 0.2) is 5.82 Å². The van der Waals surface area contributed by atoms with Crippen molar-refractivity contribution in [2.24, 2.45) is 5.92 Å². The van der Waals surface area contributed by atoms with E-state index < -0.39 is 0 Å². The third kappa shape index (κ3) is 4.69. The molecule has 0 spiro atoms. The fraction of sp³-hybridized carbons (Fsp3) is 0.692. The predicted octanol–water partition coefficient (Wildman–Crippen LogP) is 2.72. The van der Waals surface area contributed by atoms with Crippen molar-refractivity contribution in [3.05, 3.63) is 22.7 Å². The van der Waals surface area contributed by atoms with Crippen molar-refractivity contribution in [2.75, 3.05) is 5.32 Å². The van der Waals surface area contributed by atoms with Gasteiger partial charge in [-0.3, -0.25) is 4.79 Å². The lowest BCUT2D eigenvalue weighted by molar-refractivity contribution is 0.509. The molecule has 2 atom stereocenters. The van der Waals surface area contributed by atoms with Crippen LogP contribution < -0.4 is 10.9 Å². The zero-order valence-corrected chi connectivity index (χ0v) is 12.2. The number of halogens is 1. The van der Waals surface area contributed by atoms with Crippen molar-refractivity contribution in [1.82, 2.24) is 9.55 Å². The van der Waals surface area contributed by atoms with Crippen molar-refractivity contribution in [2.45, 2.75) is 52.1 Å². The Hall–Kier alpha value is -1.03. The standard InChI is InChI=1S/C13H22ClN3O/c1-9(2)8-17-6-5-15-12(13(17)18)16-11(4)7-10(3)14/h5-6,9-11H,7-8H2,1-4H3,(H,15,16). The van der Waals surface area contributed by atoms with Crippen LogP contribution in [0.2, 0.25) is 0 Å². The second-order valence-corrected chi connectivity index (χ2v) is 5.93. The van der Waals surface area contributed by atoms with E-state index in [2.05, 4.69) is 24.1 Å². The highest BCUT2D eigenvalue weighted by Crippen LogP contribution is 2.08. The maximum atomic E-state index is 12.1. The molecular formula is C13H22ClN3O. The zero-order chi connectivity index (χ0) is 13.7. The Bertz CT molecular complexity index is 428. The van der Waals surface area contributed by atoms with E-state index in [1.54, 1.807) is 17.0 Å².